The number of piperazine rings is 1. The Balaban J connectivity index is 1.53. The lowest BCUT2D eigenvalue weighted by atomic mass is 10.1. The quantitative estimate of drug-likeness (QED) is 0.839. The van der Waals surface area contributed by atoms with Gasteiger partial charge in [-0.25, -0.2) is 0 Å². The van der Waals surface area contributed by atoms with Gasteiger partial charge in [0.2, 0.25) is 0 Å². The zero-order chi connectivity index (χ0) is 17.2. The second-order valence-electron chi connectivity index (χ2n) is 5.78. The summed E-state index contributed by atoms with van der Waals surface area (Å²) in [5, 5.41) is 3.73. The van der Waals surface area contributed by atoms with Crippen LogP contribution in [0.5, 0.6) is 0 Å². The molecule has 0 saturated carbocycles. The van der Waals surface area contributed by atoms with E-state index >= 15 is 0 Å². The molecule has 1 aliphatic rings. The normalized spacial score (nSPS) is 16.4. The third-order valence-corrected chi connectivity index (χ3v) is 4.80. The summed E-state index contributed by atoms with van der Waals surface area (Å²) in [6, 6.07) is 7.09. The fourth-order valence-corrected chi connectivity index (χ4v) is 3.36. The number of halogens is 3. The maximum Gasteiger partial charge on any atom is 0.416 e. The molecule has 0 aliphatic carbocycles. The first-order chi connectivity index (χ1) is 11.4. The molecule has 1 aliphatic heterocycles. The number of thiophene rings is 1. The molecule has 2 heterocycles. The molecule has 3 rings (SSSR count). The Bertz CT molecular complexity index is 675. The smallest absolute Gasteiger partial charge is 0.336 e. The van der Waals surface area contributed by atoms with Crippen molar-refractivity contribution in [2.75, 3.05) is 26.2 Å². The van der Waals surface area contributed by atoms with E-state index in [9.17, 15) is 18.0 Å². The molecule has 0 bridgehead atoms. The second kappa shape index (κ2) is 6.94. The van der Waals surface area contributed by atoms with E-state index in [4.69, 9.17) is 0 Å². The third kappa shape index (κ3) is 3.96. The Morgan fingerprint density at radius 3 is 2.25 bits per heavy atom. The maximum atomic E-state index is 12.6. The molecular weight excluding hydrogens is 337 g/mol. The summed E-state index contributed by atoms with van der Waals surface area (Å²) in [4.78, 5) is 16.2. The second-order valence-corrected chi connectivity index (χ2v) is 6.56. The minimum atomic E-state index is -4.30. The van der Waals surface area contributed by atoms with E-state index < -0.39 is 11.7 Å². The lowest BCUT2D eigenvalue weighted by Crippen LogP contribution is -2.48. The standard InChI is InChI=1S/C17H17F3N2OS/c18-17(19,20)15-3-1-13(2-4-15)11-21-6-8-22(9-7-21)16(23)14-5-10-24-12-14/h1-5,10,12H,6-9,11H2. The number of hydrogen-bond acceptors (Lipinski definition) is 3. The Morgan fingerprint density at radius 2 is 1.71 bits per heavy atom. The van der Waals surface area contributed by atoms with Crippen LogP contribution in [0.15, 0.2) is 41.1 Å². The van der Waals surface area contributed by atoms with Gasteiger partial charge in [-0.15, -0.1) is 0 Å². The van der Waals surface area contributed by atoms with Crippen molar-refractivity contribution in [3.63, 3.8) is 0 Å². The first-order valence-electron chi connectivity index (χ1n) is 7.63. The van der Waals surface area contributed by atoms with E-state index in [1.54, 1.807) is 0 Å². The molecule has 3 nitrogen and oxygen atoms in total. The van der Waals surface area contributed by atoms with Crippen LogP contribution in [0, 0.1) is 0 Å². The van der Waals surface area contributed by atoms with Gasteiger partial charge < -0.3 is 4.90 Å². The van der Waals surface area contributed by atoms with Gasteiger partial charge >= 0.3 is 6.18 Å². The van der Waals surface area contributed by atoms with E-state index in [0.717, 1.165) is 36.3 Å². The minimum absolute atomic E-state index is 0.0467. The van der Waals surface area contributed by atoms with Crippen molar-refractivity contribution >= 4 is 17.2 Å². The molecular formula is C17H17F3N2OS. The summed E-state index contributed by atoms with van der Waals surface area (Å²) < 4.78 is 37.7. The fraction of sp³-hybridized carbons (Fsp3) is 0.353. The van der Waals surface area contributed by atoms with Crippen LogP contribution in [0.4, 0.5) is 13.2 Å². The van der Waals surface area contributed by atoms with Gasteiger partial charge in [0.25, 0.3) is 5.91 Å². The first-order valence-corrected chi connectivity index (χ1v) is 8.58. The van der Waals surface area contributed by atoms with Crippen LogP contribution in [0.1, 0.15) is 21.5 Å². The predicted molar refractivity (Wildman–Crippen MR) is 86.9 cm³/mol. The molecule has 128 valence electrons. The number of benzene rings is 1. The number of nitrogens with zero attached hydrogens (tertiary/aromatic N) is 2. The van der Waals surface area contributed by atoms with Gasteiger partial charge in [0, 0.05) is 38.1 Å². The summed E-state index contributed by atoms with van der Waals surface area (Å²) in [7, 11) is 0. The van der Waals surface area contributed by atoms with E-state index in [2.05, 4.69) is 4.90 Å². The van der Waals surface area contributed by atoms with Crippen molar-refractivity contribution in [1.29, 1.82) is 0 Å². The monoisotopic (exact) mass is 354 g/mol. The molecule has 1 amide bonds. The van der Waals surface area contributed by atoms with Crippen molar-refractivity contribution in [1.82, 2.24) is 9.80 Å². The van der Waals surface area contributed by atoms with E-state index in [-0.39, 0.29) is 5.91 Å². The highest BCUT2D eigenvalue weighted by atomic mass is 32.1. The molecule has 0 spiro atoms. The highest BCUT2D eigenvalue weighted by Crippen LogP contribution is 2.29. The lowest BCUT2D eigenvalue weighted by molar-refractivity contribution is -0.137. The maximum absolute atomic E-state index is 12.6. The Kier molecular flexibility index (Phi) is 4.91. The van der Waals surface area contributed by atoms with Crippen molar-refractivity contribution in [3.05, 3.63) is 57.8 Å². The van der Waals surface area contributed by atoms with Gasteiger partial charge in [-0.05, 0) is 29.1 Å². The SMILES string of the molecule is O=C(c1ccsc1)N1CCN(Cc2ccc(C(F)(F)F)cc2)CC1. The molecule has 0 radical (unpaired) electrons. The van der Waals surface area contributed by atoms with Crippen molar-refractivity contribution in [3.8, 4) is 0 Å². The summed E-state index contributed by atoms with van der Waals surface area (Å²) >= 11 is 1.50. The molecule has 24 heavy (non-hydrogen) atoms. The van der Waals surface area contributed by atoms with E-state index in [0.29, 0.717) is 19.6 Å². The van der Waals surface area contributed by atoms with E-state index in [1.807, 2.05) is 21.7 Å². The van der Waals surface area contributed by atoms with Crippen LogP contribution >= 0.6 is 11.3 Å². The van der Waals surface area contributed by atoms with Crippen molar-refractivity contribution in [2.24, 2.45) is 0 Å². The van der Waals surface area contributed by atoms with Crippen LogP contribution in [0.3, 0.4) is 0 Å². The topological polar surface area (TPSA) is 23.6 Å². The molecule has 0 atom stereocenters. The Labute approximate surface area is 142 Å². The number of carbonyl (C=O) groups is 1. The van der Waals surface area contributed by atoms with E-state index in [1.165, 1.54) is 23.5 Å². The molecule has 1 aromatic heterocycles. The van der Waals surface area contributed by atoms with Gasteiger partial charge in [-0.1, -0.05) is 12.1 Å². The summed E-state index contributed by atoms with van der Waals surface area (Å²) in [6.45, 7) is 3.30. The van der Waals surface area contributed by atoms with Gasteiger partial charge in [0.1, 0.15) is 0 Å². The molecule has 1 saturated heterocycles. The van der Waals surface area contributed by atoms with Gasteiger partial charge in [-0.3, -0.25) is 9.69 Å². The largest absolute Gasteiger partial charge is 0.416 e. The lowest BCUT2D eigenvalue weighted by Gasteiger charge is -2.34. The van der Waals surface area contributed by atoms with Crippen molar-refractivity contribution < 1.29 is 18.0 Å². The number of rotatable bonds is 3. The molecule has 0 N–H and O–H groups in total. The van der Waals surface area contributed by atoms with Gasteiger partial charge in [-0.2, -0.15) is 24.5 Å². The van der Waals surface area contributed by atoms with Gasteiger partial charge in [0.05, 0.1) is 11.1 Å². The number of amides is 1. The number of alkyl halides is 3. The average Bonchev–Trinajstić information content (AvgIpc) is 3.09. The number of hydrogen-bond donors (Lipinski definition) is 0. The number of carbonyl (C=O) groups excluding carboxylic acids is 1. The van der Waals surface area contributed by atoms with Crippen LogP contribution < -0.4 is 0 Å². The molecule has 1 fully saturated rings. The fourth-order valence-electron chi connectivity index (χ4n) is 2.74. The Morgan fingerprint density at radius 1 is 1.04 bits per heavy atom. The highest BCUT2D eigenvalue weighted by molar-refractivity contribution is 7.08. The summed E-state index contributed by atoms with van der Waals surface area (Å²) in [6.07, 6.45) is -4.30. The van der Waals surface area contributed by atoms with Crippen LogP contribution in [-0.4, -0.2) is 41.9 Å². The van der Waals surface area contributed by atoms with Crippen LogP contribution in [0.25, 0.3) is 0 Å². The summed E-state index contributed by atoms with van der Waals surface area (Å²) in [5.41, 5.74) is 0.939. The Hall–Kier alpha value is -1.86. The first kappa shape index (κ1) is 17.0. The molecule has 7 heteroatoms. The predicted octanol–water partition coefficient (Wildman–Crippen LogP) is 3.72. The third-order valence-electron chi connectivity index (χ3n) is 4.12. The minimum Gasteiger partial charge on any atom is -0.336 e. The van der Waals surface area contributed by atoms with Crippen LogP contribution in [-0.2, 0) is 12.7 Å². The molecule has 2 aromatic rings. The van der Waals surface area contributed by atoms with Crippen LogP contribution in [0.2, 0.25) is 0 Å². The average molecular weight is 354 g/mol. The zero-order valence-corrected chi connectivity index (χ0v) is 13.7. The molecule has 0 unspecified atom stereocenters. The summed E-state index contributed by atoms with van der Waals surface area (Å²) in [5.74, 6) is 0.0467. The van der Waals surface area contributed by atoms with Gasteiger partial charge in [0.15, 0.2) is 0 Å². The highest BCUT2D eigenvalue weighted by Gasteiger charge is 2.30. The zero-order valence-electron chi connectivity index (χ0n) is 12.9. The van der Waals surface area contributed by atoms with Crippen molar-refractivity contribution in [2.45, 2.75) is 12.7 Å². The molecule has 1 aromatic carbocycles.